The molecule has 0 saturated carbocycles. The summed E-state index contributed by atoms with van der Waals surface area (Å²) in [6.07, 6.45) is 0.979. The molecule has 7 heteroatoms. The fourth-order valence-electron chi connectivity index (χ4n) is 2.01. The molecule has 2 amide bonds. The van der Waals surface area contributed by atoms with Gasteiger partial charge in [0.15, 0.2) is 0 Å². The zero-order chi connectivity index (χ0) is 14.4. The maximum Gasteiger partial charge on any atom is 0.407 e. The normalized spacial score (nSPS) is 20.5. The Bertz CT molecular complexity index is 358. The fraction of sp³-hybridized carbons (Fsp3) is 0.750. The molecule has 0 bridgehead atoms. The van der Waals surface area contributed by atoms with Gasteiger partial charge in [0.1, 0.15) is 5.92 Å². The molecule has 2 atom stereocenters. The molecule has 108 valence electrons. The molecule has 2 N–H and O–H groups in total. The maximum absolute atomic E-state index is 11.9. The Kier molecular flexibility index (Phi) is 5.59. The van der Waals surface area contributed by atoms with Crippen LogP contribution in [0.15, 0.2) is 0 Å². The van der Waals surface area contributed by atoms with Crippen LogP contribution >= 0.6 is 0 Å². The van der Waals surface area contributed by atoms with Gasteiger partial charge in [-0.2, -0.15) is 0 Å². The van der Waals surface area contributed by atoms with Crippen molar-refractivity contribution in [2.24, 2.45) is 5.92 Å². The Labute approximate surface area is 111 Å². The molecule has 1 heterocycles. The summed E-state index contributed by atoms with van der Waals surface area (Å²) < 4.78 is 4.78. The van der Waals surface area contributed by atoms with Gasteiger partial charge in [0.05, 0.1) is 6.61 Å². The summed E-state index contributed by atoms with van der Waals surface area (Å²) in [5, 5.41) is 11.5. The van der Waals surface area contributed by atoms with Crippen molar-refractivity contribution in [3.05, 3.63) is 0 Å². The largest absolute Gasteiger partial charge is 0.481 e. The molecular weight excluding hydrogens is 252 g/mol. The number of carbonyl (C=O) groups is 3. The SMILES string of the molecule is CCOC(=O)NC1CCCN(C(=O)C(C)C(=O)O)C1. The third kappa shape index (κ3) is 4.42. The van der Waals surface area contributed by atoms with Gasteiger partial charge in [0.2, 0.25) is 5.91 Å². The quantitative estimate of drug-likeness (QED) is 0.724. The van der Waals surface area contributed by atoms with E-state index >= 15 is 0 Å². The molecule has 0 aromatic rings. The summed E-state index contributed by atoms with van der Waals surface area (Å²) >= 11 is 0. The smallest absolute Gasteiger partial charge is 0.407 e. The maximum atomic E-state index is 11.9. The summed E-state index contributed by atoms with van der Waals surface area (Å²) in [5.41, 5.74) is 0. The van der Waals surface area contributed by atoms with Gasteiger partial charge in [-0.05, 0) is 26.7 Å². The third-order valence-electron chi connectivity index (χ3n) is 3.07. The van der Waals surface area contributed by atoms with Crippen LogP contribution in [0.2, 0.25) is 0 Å². The number of aliphatic carboxylic acids is 1. The lowest BCUT2D eigenvalue weighted by Crippen LogP contribution is -2.51. The van der Waals surface area contributed by atoms with Gasteiger partial charge < -0.3 is 20.1 Å². The second-order valence-electron chi connectivity index (χ2n) is 4.55. The van der Waals surface area contributed by atoms with Crippen molar-refractivity contribution >= 4 is 18.0 Å². The van der Waals surface area contributed by atoms with E-state index in [1.54, 1.807) is 6.92 Å². The molecule has 19 heavy (non-hydrogen) atoms. The van der Waals surface area contributed by atoms with E-state index in [1.165, 1.54) is 11.8 Å². The molecule has 1 saturated heterocycles. The van der Waals surface area contributed by atoms with Gasteiger partial charge >= 0.3 is 12.1 Å². The average Bonchev–Trinajstić information content (AvgIpc) is 2.37. The van der Waals surface area contributed by atoms with Crippen LogP contribution in [-0.2, 0) is 14.3 Å². The van der Waals surface area contributed by atoms with Crippen molar-refractivity contribution in [3.63, 3.8) is 0 Å². The number of rotatable bonds is 4. The van der Waals surface area contributed by atoms with Crippen molar-refractivity contribution in [2.45, 2.75) is 32.7 Å². The molecule has 0 aromatic carbocycles. The van der Waals surface area contributed by atoms with Crippen molar-refractivity contribution in [2.75, 3.05) is 19.7 Å². The summed E-state index contributed by atoms with van der Waals surface area (Å²) in [5.74, 6) is -2.60. The van der Waals surface area contributed by atoms with Crippen LogP contribution < -0.4 is 5.32 Å². The number of nitrogens with one attached hydrogen (secondary N) is 1. The monoisotopic (exact) mass is 272 g/mol. The standard InChI is InChI=1S/C12H20N2O5/c1-3-19-12(18)13-9-5-4-6-14(7-9)10(15)8(2)11(16)17/h8-9H,3-7H2,1-2H3,(H,13,18)(H,16,17). The highest BCUT2D eigenvalue weighted by molar-refractivity contribution is 5.96. The first-order valence-electron chi connectivity index (χ1n) is 6.40. The van der Waals surface area contributed by atoms with Gasteiger partial charge in [-0.3, -0.25) is 9.59 Å². The summed E-state index contributed by atoms with van der Waals surface area (Å²) in [7, 11) is 0. The lowest BCUT2D eigenvalue weighted by Gasteiger charge is -2.33. The predicted octanol–water partition coefficient (Wildman–Crippen LogP) is 0.444. The number of carboxylic acid groups (broad SMARTS) is 1. The molecule has 2 unspecified atom stereocenters. The minimum absolute atomic E-state index is 0.183. The minimum Gasteiger partial charge on any atom is -0.481 e. The van der Waals surface area contributed by atoms with E-state index in [2.05, 4.69) is 5.32 Å². The molecule has 0 aliphatic carbocycles. The fourth-order valence-corrected chi connectivity index (χ4v) is 2.01. The highest BCUT2D eigenvalue weighted by atomic mass is 16.5. The van der Waals surface area contributed by atoms with Crippen molar-refractivity contribution in [1.82, 2.24) is 10.2 Å². The molecule has 7 nitrogen and oxygen atoms in total. The van der Waals surface area contributed by atoms with Crippen molar-refractivity contribution in [1.29, 1.82) is 0 Å². The summed E-state index contributed by atoms with van der Waals surface area (Å²) in [6.45, 7) is 4.22. The second kappa shape index (κ2) is 6.96. The van der Waals surface area contributed by atoms with E-state index in [0.29, 0.717) is 13.1 Å². The van der Waals surface area contributed by atoms with Crippen LogP contribution in [0.4, 0.5) is 4.79 Å². The van der Waals surface area contributed by atoms with Crippen LogP contribution in [0.1, 0.15) is 26.7 Å². The summed E-state index contributed by atoms with van der Waals surface area (Å²) in [4.78, 5) is 35.5. The predicted molar refractivity (Wildman–Crippen MR) is 66.6 cm³/mol. The molecule has 0 radical (unpaired) electrons. The number of piperidine rings is 1. The number of likely N-dealkylation sites (tertiary alicyclic amines) is 1. The Morgan fingerprint density at radius 2 is 2.16 bits per heavy atom. The number of nitrogens with zero attached hydrogens (tertiary/aromatic N) is 1. The number of amides is 2. The second-order valence-corrected chi connectivity index (χ2v) is 4.55. The van der Waals surface area contributed by atoms with E-state index < -0.39 is 23.9 Å². The molecular formula is C12H20N2O5. The van der Waals surface area contributed by atoms with E-state index in [9.17, 15) is 14.4 Å². The highest BCUT2D eigenvalue weighted by Gasteiger charge is 2.30. The van der Waals surface area contributed by atoms with Crippen molar-refractivity contribution < 1.29 is 24.2 Å². The first kappa shape index (κ1) is 15.3. The number of carboxylic acids is 1. The van der Waals surface area contributed by atoms with E-state index in [1.807, 2.05) is 0 Å². The van der Waals surface area contributed by atoms with Crippen LogP contribution in [-0.4, -0.2) is 53.7 Å². The lowest BCUT2D eigenvalue weighted by molar-refractivity contribution is -0.150. The molecule has 0 spiro atoms. The van der Waals surface area contributed by atoms with Crippen molar-refractivity contribution in [3.8, 4) is 0 Å². The van der Waals surface area contributed by atoms with Gasteiger partial charge in [0, 0.05) is 19.1 Å². The molecule has 0 aromatic heterocycles. The highest BCUT2D eigenvalue weighted by Crippen LogP contribution is 2.13. The van der Waals surface area contributed by atoms with Crippen LogP contribution in [0, 0.1) is 5.92 Å². The van der Waals surface area contributed by atoms with Crippen LogP contribution in [0.3, 0.4) is 0 Å². The Balaban J connectivity index is 2.52. The van der Waals surface area contributed by atoms with E-state index in [0.717, 1.165) is 12.8 Å². The number of hydrogen-bond donors (Lipinski definition) is 2. The van der Waals surface area contributed by atoms with Crippen LogP contribution in [0.25, 0.3) is 0 Å². The number of ether oxygens (including phenoxy) is 1. The van der Waals surface area contributed by atoms with E-state index in [-0.39, 0.29) is 12.6 Å². The zero-order valence-electron chi connectivity index (χ0n) is 11.2. The minimum atomic E-state index is -1.13. The molecule has 1 rings (SSSR count). The van der Waals surface area contributed by atoms with Gasteiger partial charge in [-0.25, -0.2) is 4.79 Å². The molecule has 1 aliphatic rings. The van der Waals surface area contributed by atoms with E-state index in [4.69, 9.17) is 9.84 Å². The first-order chi connectivity index (χ1) is 8.95. The Morgan fingerprint density at radius 3 is 2.74 bits per heavy atom. The Hall–Kier alpha value is -1.79. The van der Waals surface area contributed by atoms with Gasteiger partial charge in [0.25, 0.3) is 0 Å². The topological polar surface area (TPSA) is 95.9 Å². The van der Waals surface area contributed by atoms with Gasteiger partial charge in [-0.15, -0.1) is 0 Å². The number of hydrogen-bond acceptors (Lipinski definition) is 4. The van der Waals surface area contributed by atoms with Crippen LogP contribution in [0.5, 0.6) is 0 Å². The molecule has 1 fully saturated rings. The number of carbonyl (C=O) groups excluding carboxylic acids is 2. The lowest BCUT2D eigenvalue weighted by atomic mass is 10.0. The summed E-state index contributed by atoms with van der Waals surface area (Å²) in [6, 6.07) is -0.183. The number of alkyl carbamates (subject to hydrolysis) is 1. The Morgan fingerprint density at radius 1 is 1.47 bits per heavy atom. The zero-order valence-corrected chi connectivity index (χ0v) is 11.2. The average molecular weight is 272 g/mol. The third-order valence-corrected chi connectivity index (χ3v) is 3.07. The van der Waals surface area contributed by atoms with Gasteiger partial charge in [-0.1, -0.05) is 0 Å². The first-order valence-corrected chi connectivity index (χ1v) is 6.40. The molecule has 1 aliphatic heterocycles.